The van der Waals surface area contributed by atoms with Gasteiger partial charge in [0.15, 0.2) is 5.82 Å². The summed E-state index contributed by atoms with van der Waals surface area (Å²) in [5, 5.41) is 15.2. The molecular weight excluding hydrogens is 382 g/mol. The van der Waals surface area contributed by atoms with E-state index < -0.39 is 0 Å². The quantitative estimate of drug-likeness (QED) is 0.768. The van der Waals surface area contributed by atoms with Gasteiger partial charge >= 0.3 is 0 Å². The van der Waals surface area contributed by atoms with E-state index in [9.17, 15) is 9.59 Å². The Morgan fingerprint density at radius 3 is 2.71 bits per heavy atom. The number of aromatic nitrogens is 4. The number of nitrogens with one attached hydrogen (secondary N) is 1. The molecule has 2 aliphatic rings. The number of hydrogen-bond acceptors (Lipinski definition) is 6. The largest absolute Gasteiger partial charge is 0.349 e. The van der Waals surface area contributed by atoms with Crippen molar-refractivity contribution in [1.82, 2.24) is 30.4 Å². The van der Waals surface area contributed by atoms with E-state index in [0.29, 0.717) is 23.9 Å². The maximum atomic E-state index is 12.5. The summed E-state index contributed by atoms with van der Waals surface area (Å²) in [7, 11) is 0. The van der Waals surface area contributed by atoms with Crippen LogP contribution >= 0.6 is 11.6 Å². The molecule has 1 N–H and O–H groups in total. The number of benzene rings is 1. The van der Waals surface area contributed by atoms with Crippen LogP contribution in [0.1, 0.15) is 25.1 Å². The molecule has 1 atom stereocenters. The molecule has 0 saturated carbocycles. The first-order valence-electron chi connectivity index (χ1n) is 9.41. The molecule has 28 heavy (non-hydrogen) atoms. The second-order valence-corrected chi connectivity index (χ2v) is 7.62. The lowest BCUT2D eigenvalue weighted by Gasteiger charge is -2.17. The summed E-state index contributed by atoms with van der Waals surface area (Å²) in [6.07, 6.45) is 2.63. The van der Waals surface area contributed by atoms with Gasteiger partial charge < -0.3 is 10.2 Å². The lowest BCUT2D eigenvalue weighted by atomic mass is 10.2. The second-order valence-electron chi connectivity index (χ2n) is 7.19. The highest BCUT2D eigenvalue weighted by Gasteiger charge is 2.31. The van der Waals surface area contributed by atoms with Gasteiger partial charge in [0, 0.05) is 23.7 Å². The van der Waals surface area contributed by atoms with Crippen LogP contribution in [0.3, 0.4) is 0 Å². The van der Waals surface area contributed by atoms with Crippen molar-refractivity contribution in [3.05, 3.63) is 35.1 Å². The zero-order chi connectivity index (χ0) is 19.5. The Labute approximate surface area is 167 Å². The minimum atomic E-state index is -0.241. The van der Waals surface area contributed by atoms with Crippen molar-refractivity contribution in [3.63, 3.8) is 0 Å². The van der Waals surface area contributed by atoms with Crippen LogP contribution in [0.5, 0.6) is 0 Å². The Kier molecular flexibility index (Phi) is 5.54. The van der Waals surface area contributed by atoms with Crippen LogP contribution in [-0.2, 0) is 22.7 Å². The topological polar surface area (TPSA) is 96.2 Å². The Balaban J connectivity index is 1.33. The van der Waals surface area contributed by atoms with Crippen LogP contribution in [0, 0.1) is 0 Å². The van der Waals surface area contributed by atoms with Crippen LogP contribution in [0.25, 0.3) is 0 Å². The van der Waals surface area contributed by atoms with Gasteiger partial charge in [-0.2, -0.15) is 0 Å². The van der Waals surface area contributed by atoms with Gasteiger partial charge in [0.1, 0.15) is 6.54 Å². The van der Waals surface area contributed by atoms with E-state index in [4.69, 9.17) is 11.6 Å². The molecular formula is C18H22ClN7O2. The maximum absolute atomic E-state index is 12.5. The number of tetrazole rings is 1. The van der Waals surface area contributed by atoms with Gasteiger partial charge in [-0.3, -0.25) is 14.5 Å². The highest BCUT2D eigenvalue weighted by Crippen LogP contribution is 2.23. The third kappa shape index (κ3) is 4.31. The fourth-order valence-corrected chi connectivity index (χ4v) is 3.81. The highest BCUT2D eigenvalue weighted by molar-refractivity contribution is 6.30. The predicted octanol–water partition coefficient (Wildman–Crippen LogP) is 0.844. The summed E-state index contributed by atoms with van der Waals surface area (Å²) in [6, 6.07) is 6.85. The van der Waals surface area contributed by atoms with E-state index in [2.05, 4.69) is 25.7 Å². The average molecular weight is 404 g/mol. The highest BCUT2D eigenvalue weighted by atomic mass is 35.5. The molecule has 1 aromatic heterocycles. The number of nitrogens with zero attached hydrogens (tertiary/aromatic N) is 6. The number of likely N-dealkylation sites (tertiary alicyclic amines) is 1. The zero-order valence-corrected chi connectivity index (χ0v) is 16.2. The molecule has 0 radical (unpaired) electrons. The fourth-order valence-electron chi connectivity index (χ4n) is 3.68. The smallest absolute Gasteiger partial charge is 0.242 e. The molecule has 1 aromatic carbocycles. The lowest BCUT2D eigenvalue weighted by Crippen LogP contribution is -2.39. The second kappa shape index (κ2) is 8.24. The minimum Gasteiger partial charge on any atom is -0.349 e. The van der Waals surface area contributed by atoms with Crippen LogP contribution in [-0.4, -0.2) is 62.6 Å². The van der Waals surface area contributed by atoms with Crippen LogP contribution in [0.15, 0.2) is 24.3 Å². The van der Waals surface area contributed by atoms with E-state index in [-0.39, 0.29) is 30.8 Å². The number of anilines is 1. The number of rotatable bonds is 6. The van der Waals surface area contributed by atoms with Gasteiger partial charge in [-0.15, -0.1) is 5.10 Å². The summed E-state index contributed by atoms with van der Waals surface area (Å²) in [5.74, 6) is 0.456. The monoisotopic (exact) mass is 403 g/mol. The number of hydrogen-bond donors (Lipinski definition) is 1. The average Bonchev–Trinajstić information content (AvgIpc) is 3.40. The molecule has 0 spiro atoms. The van der Waals surface area contributed by atoms with Crippen LogP contribution < -0.4 is 10.2 Å². The summed E-state index contributed by atoms with van der Waals surface area (Å²) in [6.45, 7) is 3.18. The van der Waals surface area contributed by atoms with Crippen molar-refractivity contribution < 1.29 is 9.59 Å². The van der Waals surface area contributed by atoms with Crippen molar-refractivity contribution in [2.75, 3.05) is 24.5 Å². The van der Waals surface area contributed by atoms with Crippen LogP contribution in [0.2, 0.25) is 5.02 Å². The molecule has 2 aliphatic heterocycles. The predicted molar refractivity (Wildman–Crippen MR) is 103 cm³/mol. The first-order valence-corrected chi connectivity index (χ1v) is 9.79. The van der Waals surface area contributed by atoms with Crippen molar-refractivity contribution in [2.24, 2.45) is 0 Å². The lowest BCUT2D eigenvalue weighted by molar-refractivity contribution is -0.122. The molecule has 2 aromatic rings. The Hall–Kier alpha value is -2.52. The summed E-state index contributed by atoms with van der Waals surface area (Å²) in [4.78, 5) is 28.7. The van der Waals surface area contributed by atoms with Gasteiger partial charge in [-0.25, -0.2) is 4.68 Å². The van der Waals surface area contributed by atoms with Crippen molar-refractivity contribution >= 4 is 29.1 Å². The molecule has 9 nitrogen and oxygen atoms in total. The number of halogens is 1. The molecule has 2 amide bonds. The standard InChI is InChI=1S/C18H22ClN7O2/c19-13-3-5-15(6-4-13)25-10-14(9-18(25)28)20-17(27)12-26-16(21-22-23-26)11-24-7-1-2-8-24/h3-6,14H,1-2,7-12H2,(H,20,27)/t14-/m0/s1. The van der Waals surface area contributed by atoms with E-state index >= 15 is 0 Å². The van der Waals surface area contributed by atoms with Gasteiger partial charge in [0.05, 0.1) is 12.6 Å². The fraction of sp³-hybridized carbons (Fsp3) is 0.500. The normalized spacial score (nSPS) is 20.1. The number of amides is 2. The van der Waals surface area contributed by atoms with Gasteiger partial charge in [-0.05, 0) is 60.6 Å². The maximum Gasteiger partial charge on any atom is 0.242 e. The Bertz CT molecular complexity index is 848. The zero-order valence-electron chi connectivity index (χ0n) is 15.4. The van der Waals surface area contributed by atoms with E-state index in [1.165, 1.54) is 17.5 Å². The molecule has 10 heteroatoms. The number of carbonyl (C=O) groups is 2. The number of carbonyl (C=O) groups excluding carboxylic acids is 2. The molecule has 2 fully saturated rings. The van der Waals surface area contributed by atoms with Crippen molar-refractivity contribution in [2.45, 2.75) is 38.4 Å². The Morgan fingerprint density at radius 1 is 1.21 bits per heavy atom. The molecule has 0 unspecified atom stereocenters. The summed E-state index contributed by atoms with van der Waals surface area (Å²) >= 11 is 5.90. The minimum absolute atomic E-state index is 0.0234. The summed E-state index contributed by atoms with van der Waals surface area (Å²) < 4.78 is 1.53. The van der Waals surface area contributed by atoms with Gasteiger partial charge in [-0.1, -0.05) is 11.6 Å². The van der Waals surface area contributed by atoms with Crippen LogP contribution in [0.4, 0.5) is 5.69 Å². The third-order valence-electron chi connectivity index (χ3n) is 5.09. The molecule has 2 saturated heterocycles. The van der Waals surface area contributed by atoms with E-state index in [1.54, 1.807) is 29.2 Å². The van der Waals surface area contributed by atoms with E-state index in [0.717, 1.165) is 18.8 Å². The van der Waals surface area contributed by atoms with E-state index in [1.807, 2.05) is 0 Å². The first-order chi connectivity index (χ1) is 13.6. The van der Waals surface area contributed by atoms with Gasteiger partial charge in [0.25, 0.3) is 0 Å². The third-order valence-corrected chi connectivity index (χ3v) is 5.34. The Morgan fingerprint density at radius 2 is 1.96 bits per heavy atom. The molecule has 148 valence electrons. The molecule has 4 rings (SSSR count). The SMILES string of the molecule is O=C(Cn1nnnc1CN1CCCC1)N[C@H]1CC(=O)N(c2ccc(Cl)cc2)C1. The van der Waals surface area contributed by atoms with Crippen molar-refractivity contribution in [3.8, 4) is 0 Å². The molecule has 0 aliphatic carbocycles. The van der Waals surface area contributed by atoms with Gasteiger partial charge in [0.2, 0.25) is 11.8 Å². The first kappa shape index (κ1) is 18.8. The van der Waals surface area contributed by atoms with Crippen molar-refractivity contribution in [1.29, 1.82) is 0 Å². The summed E-state index contributed by atoms with van der Waals surface area (Å²) in [5.41, 5.74) is 0.777. The molecule has 0 bridgehead atoms. The molecule has 3 heterocycles.